The van der Waals surface area contributed by atoms with Gasteiger partial charge in [0.05, 0.1) is 20.1 Å². The van der Waals surface area contributed by atoms with Gasteiger partial charge in [-0.2, -0.15) is 5.10 Å². The van der Waals surface area contributed by atoms with Gasteiger partial charge in [0.25, 0.3) is 11.6 Å². The van der Waals surface area contributed by atoms with Crippen LogP contribution < -0.4 is 10.2 Å². The van der Waals surface area contributed by atoms with E-state index in [-0.39, 0.29) is 17.9 Å². The van der Waals surface area contributed by atoms with Crippen LogP contribution in [-0.2, 0) is 4.79 Å². The second-order valence-corrected chi connectivity index (χ2v) is 7.37. The van der Waals surface area contributed by atoms with Crippen LogP contribution in [0.15, 0.2) is 48.9 Å². The smallest absolute Gasteiger partial charge is 0.277 e. The molecular formula is C15H9Br3FN3O4. The number of nitrogens with one attached hydrogen (secondary N) is 1. The minimum absolute atomic E-state index is 0.126. The average Bonchev–Trinajstić information content (AvgIpc) is 2.55. The van der Waals surface area contributed by atoms with Crippen LogP contribution in [0.3, 0.4) is 0 Å². The summed E-state index contributed by atoms with van der Waals surface area (Å²) in [5.41, 5.74) is 1.75. The highest BCUT2D eigenvalue weighted by atomic mass is 79.9. The van der Waals surface area contributed by atoms with Crippen molar-refractivity contribution >= 4 is 65.6 Å². The number of carbonyl (C=O) groups is 1. The van der Waals surface area contributed by atoms with E-state index in [9.17, 15) is 19.3 Å². The molecule has 0 spiro atoms. The SMILES string of the molecule is O=C(COc1c(Br)cc(Br)cc1Br)N/N=C\c1cc([N+](=O)[O-])ccc1F. The fourth-order valence-corrected chi connectivity index (χ4v) is 4.24. The summed E-state index contributed by atoms with van der Waals surface area (Å²) < 4.78 is 21.1. The lowest BCUT2D eigenvalue weighted by Crippen LogP contribution is -2.24. The van der Waals surface area contributed by atoms with E-state index < -0.39 is 16.6 Å². The highest BCUT2D eigenvalue weighted by molar-refractivity contribution is 9.11. The lowest BCUT2D eigenvalue weighted by Gasteiger charge is -2.09. The molecule has 0 radical (unpaired) electrons. The Balaban J connectivity index is 1.96. The summed E-state index contributed by atoms with van der Waals surface area (Å²) in [6.07, 6.45) is 0.978. The molecule has 0 aliphatic carbocycles. The topological polar surface area (TPSA) is 93.8 Å². The van der Waals surface area contributed by atoms with Crippen LogP contribution >= 0.6 is 47.8 Å². The Morgan fingerprint density at radius 2 is 1.92 bits per heavy atom. The van der Waals surface area contributed by atoms with E-state index in [0.29, 0.717) is 14.7 Å². The number of amides is 1. The maximum absolute atomic E-state index is 13.6. The normalized spacial score (nSPS) is 10.8. The molecule has 0 heterocycles. The third kappa shape index (κ3) is 5.58. The lowest BCUT2D eigenvalue weighted by molar-refractivity contribution is -0.384. The first-order valence-electron chi connectivity index (χ1n) is 6.81. The van der Waals surface area contributed by atoms with Gasteiger partial charge in [0.2, 0.25) is 0 Å². The monoisotopic (exact) mass is 551 g/mol. The van der Waals surface area contributed by atoms with Gasteiger partial charge in [-0.05, 0) is 50.1 Å². The number of nitro groups is 1. The molecule has 2 aromatic carbocycles. The van der Waals surface area contributed by atoms with Crippen molar-refractivity contribution in [2.24, 2.45) is 5.10 Å². The summed E-state index contributed by atoms with van der Waals surface area (Å²) in [5.74, 6) is -0.863. The van der Waals surface area contributed by atoms with Crippen LogP contribution in [0, 0.1) is 15.9 Å². The van der Waals surface area contributed by atoms with Gasteiger partial charge in [-0.1, -0.05) is 15.9 Å². The fraction of sp³-hybridized carbons (Fsp3) is 0.0667. The van der Waals surface area contributed by atoms with Crippen molar-refractivity contribution in [1.82, 2.24) is 5.43 Å². The van der Waals surface area contributed by atoms with Crippen molar-refractivity contribution in [1.29, 1.82) is 0 Å². The van der Waals surface area contributed by atoms with Gasteiger partial charge in [-0.15, -0.1) is 0 Å². The number of rotatable bonds is 6. The number of carbonyl (C=O) groups excluding carboxylic acids is 1. The molecular weight excluding hydrogens is 545 g/mol. The van der Waals surface area contributed by atoms with Crippen molar-refractivity contribution in [3.63, 3.8) is 0 Å². The largest absolute Gasteiger partial charge is 0.481 e. The summed E-state index contributed by atoms with van der Waals surface area (Å²) in [7, 11) is 0. The number of halogens is 4. The van der Waals surface area contributed by atoms with Gasteiger partial charge >= 0.3 is 0 Å². The molecule has 0 saturated carbocycles. The number of hydrazone groups is 1. The first kappa shape index (κ1) is 20.5. The third-order valence-electron chi connectivity index (χ3n) is 2.89. The van der Waals surface area contributed by atoms with Crippen LogP contribution in [0.5, 0.6) is 5.75 Å². The van der Waals surface area contributed by atoms with Crippen molar-refractivity contribution in [3.8, 4) is 5.75 Å². The summed E-state index contributed by atoms with van der Waals surface area (Å²) in [4.78, 5) is 21.8. The molecule has 0 fully saturated rings. The average molecular weight is 554 g/mol. The van der Waals surface area contributed by atoms with Crippen molar-refractivity contribution in [2.45, 2.75) is 0 Å². The summed E-state index contributed by atoms with van der Waals surface area (Å²) in [5, 5.41) is 14.3. The first-order valence-corrected chi connectivity index (χ1v) is 9.19. The fourth-order valence-electron chi connectivity index (χ4n) is 1.75. The summed E-state index contributed by atoms with van der Waals surface area (Å²) >= 11 is 9.95. The molecule has 0 atom stereocenters. The van der Waals surface area contributed by atoms with Crippen LogP contribution in [0.4, 0.5) is 10.1 Å². The Bertz CT molecular complexity index is 869. The van der Waals surface area contributed by atoms with Crippen molar-refractivity contribution in [3.05, 3.63) is 65.2 Å². The van der Waals surface area contributed by atoms with Gasteiger partial charge < -0.3 is 4.74 Å². The Morgan fingerprint density at radius 1 is 1.27 bits per heavy atom. The Labute approximate surface area is 172 Å². The van der Waals surface area contributed by atoms with E-state index in [1.165, 1.54) is 0 Å². The van der Waals surface area contributed by atoms with E-state index in [4.69, 9.17) is 4.74 Å². The number of ether oxygens (including phenoxy) is 1. The maximum Gasteiger partial charge on any atom is 0.277 e. The summed E-state index contributed by atoms with van der Waals surface area (Å²) in [6, 6.07) is 6.50. The molecule has 2 aromatic rings. The number of nitrogens with zero attached hydrogens (tertiary/aromatic N) is 2. The van der Waals surface area contributed by atoms with E-state index in [1.54, 1.807) is 12.1 Å². The second-order valence-electron chi connectivity index (χ2n) is 4.74. The molecule has 0 bridgehead atoms. The molecule has 136 valence electrons. The zero-order chi connectivity index (χ0) is 19.3. The van der Waals surface area contributed by atoms with E-state index in [1.807, 2.05) is 0 Å². The number of non-ortho nitro benzene ring substituents is 1. The van der Waals surface area contributed by atoms with Crippen molar-refractivity contribution < 1.29 is 18.8 Å². The predicted molar refractivity (Wildman–Crippen MR) is 104 cm³/mol. The second kappa shape index (κ2) is 9.19. The molecule has 11 heteroatoms. The number of benzene rings is 2. The van der Waals surface area contributed by atoms with Gasteiger partial charge in [0, 0.05) is 22.2 Å². The zero-order valence-corrected chi connectivity index (χ0v) is 17.5. The Morgan fingerprint density at radius 3 is 2.54 bits per heavy atom. The Kier molecular flexibility index (Phi) is 7.23. The molecule has 1 amide bonds. The van der Waals surface area contributed by atoms with E-state index in [0.717, 1.165) is 28.9 Å². The predicted octanol–water partition coefficient (Wildman–Crippen LogP) is 4.55. The number of hydrogen-bond acceptors (Lipinski definition) is 5. The van der Waals surface area contributed by atoms with Gasteiger partial charge in [-0.25, -0.2) is 9.82 Å². The van der Waals surface area contributed by atoms with Crippen LogP contribution in [0.2, 0.25) is 0 Å². The summed E-state index contributed by atoms with van der Waals surface area (Å²) in [6.45, 7) is -0.340. The molecule has 0 saturated heterocycles. The molecule has 2 rings (SSSR count). The van der Waals surface area contributed by atoms with Crippen LogP contribution in [0.1, 0.15) is 5.56 Å². The molecule has 0 aliphatic rings. The molecule has 0 aromatic heterocycles. The number of nitro benzene ring substituents is 1. The molecule has 1 N–H and O–H groups in total. The molecule has 0 unspecified atom stereocenters. The van der Waals surface area contributed by atoms with E-state index in [2.05, 4.69) is 58.3 Å². The highest BCUT2D eigenvalue weighted by Crippen LogP contribution is 2.36. The third-order valence-corrected chi connectivity index (χ3v) is 4.53. The molecule has 0 aliphatic heterocycles. The quantitative estimate of drug-likeness (QED) is 0.323. The molecule has 26 heavy (non-hydrogen) atoms. The minimum Gasteiger partial charge on any atom is -0.481 e. The van der Waals surface area contributed by atoms with Gasteiger partial charge in [0.1, 0.15) is 11.6 Å². The standard InChI is InChI=1S/C15H9Br3FN3O4/c16-9-4-11(17)15(12(18)5-9)26-7-14(23)21-20-6-8-3-10(22(24)25)1-2-13(8)19/h1-6H,7H2,(H,21,23)/b20-6-. The Hall–Kier alpha value is -1.85. The first-order chi connectivity index (χ1) is 12.3. The zero-order valence-electron chi connectivity index (χ0n) is 12.7. The van der Waals surface area contributed by atoms with Gasteiger partial charge in [-0.3, -0.25) is 14.9 Å². The molecule has 7 nitrogen and oxygen atoms in total. The highest BCUT2D eigenvalue weighted by Gasteiger charge is 2.11. The van der Waals surface area contributed by atoms with Crippen LogP contribution in [0.25, 0.3) is 0 Å². The lowest BCUT2D eigenvalue weighted by atomic mass is 10.2. The maximum atomic E-state index is 13.6. The van der Waals surface area contributed by atoms with Crippen LogP contribution in [-0.4, -0.2) is 23.7 Å². The number of hydrogen-bond donors (Lipinski definition) is 1. The minimum atomic E-state index is -0.701. The van der Waals surface area contributed by atoms with Gasteiger partial charge in [0.15, 0.2) is 6.61 Å². The van der Waals surface area contributed by atoms with E-state index >= 15 is 0 Å². The van der Waals surface area contributed by atoms with Crippen molar-refractivity contribution in [2.75, 3.05) is 6.61 Å².